The molecule has 1 aromatic heterocycles. The van der Waals surface area contributed by atoms with Gasteiger partial charge in [-0.1, -0.05) is 0 Å². The molecule has 0 aliphatic rings. The van der Waals surface area contributed by atoms with Gasteiger partial charge in [0.05, 0.1) is 5.56 Å². The zero-order valence-corrected chi connectivity index (χ0v) is 7.67. The van der Waals surface area contributed by atoms with Crippen LogP contribution in [0, 0.1) is 0 Å². The van der Waals surface area contributed by atoms with Crippen LogP contribution >= 0.6 is 11.8 Å². The first kappa shape index (κ1) is 9.73. The van der Waals surface area contributed by atoms with Crippen LogP contribution < -0.4 is 0 Å². The zero-order valence-electron chi connectivity index (χ0n) is 6.85. The molecule has 0 aromatic carbocycles. The minimum atomic E-state index is -1.07. The first-order valence-electron chi connectivity index (χ1n) is 3.48. The van der Waals surface area contributed by atoms with E-state index in [0.29, 0.717) is 0 Å². The maximum atomic E-state index is 10.7. The number of thioether (sulfide) groups is 1. The summed E-state index contributed by atoms with van der Waals surface area (Å²) >= 11 is 0.823. The Kier molecular flexibility index (Phi) is 3.02. The van der Waals surface area contributed by atoms with E-state index in [2.05, 4.69) is 4.98 Å². The summed E-state index contributed by atoms with van der Waals surface area (Å²) in [5, 5.41) is 8.77. The van der Waals surface area contributed by atoms with E-state index in [4.69, 9.17) is 5.11 Å². The summed E-state index contributed by atoms with van der Waals surface area (Å²) in [5.74, 6) is -1.07. The summed E-state index contributed by atoms with van der Waals surface area (Å²) in [6.07, 6.45) is 1.46. The third-order valence-corrected chi connectivity index (χ3v) is 2.05. The minimum Gasteiger partial charge on any atom is -0.478 e. The second kappa shape index (κ2) is 4.04. The molecule has 0 saturated heterocycles. The molecule has 4 nitrogen and oxygen atoms in total. The molecular formula is C8H7NO3S. The van der Waals surface area contributed by atoms with E-state index in [1.165, 1.54) is 25.3 Å². The van der Waals surface area contributed by atoms with Crippen LogP contribution in [0.5, 0.6) is 0 Å². The summed E-state index contributed by atoms with van der Waals surface area (Å²) in [6, 6.07) is 2.94. The SMILES string of the molecule is CC(=O)Sc1ncccc1C(=O)O. The van der Waals surface area contributed by atoms with Gasteiger partial charge in [-0.2, -0.15) is 0 Å². The lowest BCUT2D eigenvalue weighted by molar-refractivity contribution is -0.109. The Bertz CT molecular complexity index is 351. The van der Waals surface area contributed by atoms with Gasteiger partial charge < -0.3 is 5.11 Å². The number of hydrogen-bond acceptors (Lipinski definition) is 4. The Labute approximate surface area is 79.0 Å². The van der Waals surface area contributed by atoms with Crippen molar-refractivity contribution in [2.24, 2.45) is 0 Å². The maximum absolute atomic E-state index is 10.7. The smallest absolute Gasteiger partial charge is 0.338 e. The molecule has 1 rings (SSSR count). The highest BCUT2D eigenvalue weighted by atomic mass is 32.2. The van der Waals surface area contributed by atoms with E-state index in [0.717, 1.165) is 11.8 Å². The maximum Gasteiger partial charge on any atom is 0.338 e. The van der Waals surface area contributed by atoms with E-state index in [9.17, 15) is 9.59 Å². The summed E-state index contributed by atoms with van der Waals surface area (Å²) in [5.41, 5.74) is 0.0581. The molecule has 1 N–H and O–H groups in total. The normalized spacial score (nSPS) is 9.62. The van der Waals surface area contributed by atoms with Crippen molar-refractivity contribution in [1.82, 2.24) is 4.98 Å². The molecule has 0 unspecified atom stereocenters. The lowest BCUT2D eigenvalue weighted by atomic mass is 10.3. The topological polar surface area (TPSA) is 67.3 Å². The van der Waals surface area contributed by atoms with Gasteiger partial charge in [0.2, 0.25) is 0 Å². The molecule has 0 spiro atoms. The Morgan fingerprint density at radius 1 is 1.54 bits per heavy atom. The van der Waals surface area contributed by atoms with Gasteiger partial charge in [-0.25, -0.2) is 9.78 Å². The van der Waals surface area contributed by atoms with Crippen molar-refractivity contribution >= 4 is 22.8 Å². The van der Waals surface area contributed by atoms with Gasteiger partial charge in [-0.15, -0.1) is 0 Å². The Morgan fingerprint density at radius 3 is 2.77 bits per heavy atom. The predicted octanol–water partition coefficient (Wildman–Crippen LogP) is 1.42. The van der Waals surface area contributed by atoms with Gasteiger partial charge in [-0.05, 0) is 23.9 Å². The summed E-state index contributed by atoms with van der Waals surface area (Å²) in [4.78, 5) is 25.2. The van der Waals surface area contributed by atoms with Crippen LogP contribution in [-0.2, 0) is 4.79 Å². The number of hydrogen-bond donors (Lipinski definition) is 1. The van der Waals surface area contributed by atoms with Crippen molar-refractivity contribution in [1.29, 1.82) is 0 Å². The van der Waals surface area contributed by atoms with Crippen molar-refractivity contribution in [3.8, 4) is 0 Å². The Morgan fingerprint density at radius 2 is 2.23 bits per heavy atom. The van der Waals surface area contributed by atoms with Gasteiger partial charge in [0.1, 0.15) is 5.03 Å². The van der Waals surface area contributed by atoms with Gasteiger partial charge >= 0.3 is 5.97 Å². The molecule has 0 fully saturated rings. The molecule has 0 aliphatic carbocycles. The molecule has 0 radical (unpaired) electrons. The highest BCUT2D eigenvalue weighted by molar-refractivity contribution is 8.13. The molecule has 68 valence electrons. The standard InChI is InChI=1S/C8H7NO3S/c1-5(10)13-7-6(8(11)12)3-2-4-9-7/h2-4H,1H3,(H,11,12). The number of carbonyl (C=O) groups excluding carboxylic acids is 1. The van der Waals surface area contributed by atoms with Crippen LogP contribution in [0.15, 0.2) is 23.4 Å². The average Bonchev–Trinajstić information content (AvgIpc) is 2.03. The Hall–Kier alpha value is -1.36. The van der Waals surface area contributed by atoms with E-state index in [1.54, 1.807) is 0 Å². The fourth-order valence-corrected chi connectivity index (χ4v) is 1.42. The second-order valence-electron chi connectivity index (χ2n) is 2.25. The predicted molar refractivity (Wildman–Crippen MR) is 47.7 cm³/mol. The van der Waals surface area contributed by atoms with Crippen LogP contribution in [0.1, 0.15) is 17.3 Å². The summed E-state index contributed by atoms with van der Waals surface area (Å²) in [6.45, 7) is 1.37. The van der Waals surface area contributed by atoms with Crippen LogP contribution in [0.2, 0.25) is 0 Å². The summed E-state index contributed by atoms with van der Waals surface area (Å²) in [7, 11) is 0. The highest BCUT2D eigenvalue weighted by Crippen LogP contribution is 2.19. The van der Waals surface area contributed by atoms with E-state index < -0.39 is 5.97 Å². The number of nitrogens with zero attached hydrogens (tertiary/aromatic N) is 1. The fraction of sp³-hybridized carbons (Fsp3) is 0.125. The van der Waals surface area contributed by atoms with Gasteiger partial charge in [0.15, 0.2) is 5.12 Å². The molecule has 13 heavy (non-hydrogen) atoms. The number of carbonyl (C=O) groups is 2. The van der Waals surface area contributed by atoms with Crippen LogP contribution in [0.3, 0.4) is 0 Å². The number of carboxylic acids is 1. The zero-order chi connectivity index (χ0) is 9.84. The first-order chi connectivity index (χ1) is 6.11. The largest absolute Gasteiger partial charge is 0.478 e. The van der Waals surface area contributed by atoms with Gasteiger partial charge in [0.25, 0.3) is 0 Å². The van der Waals surface area contributed by atoms with E-state index in [1.807, 2.05) is 0 Å². The van der Waals surface area contributed by atoms with Crippen molar-refractivity contribution in [2.75, 3.05) is 0 Å². The van der Waals surface area contributed by atoms with Crippen LogP contribution in [-0.4, -0.2) is 21.2 Å². The minimum absolute atomic E-state index is 0.0581. The number of carboxylic acid groups (broad SMARTS) is 1. The molecular weight excluding hydrogens is 190 g/mol. The molecule has 0 aliphatic heterocycles. The first-order valence-corrected chi connectivity index (χ1v) is 4.29. The van der Waals surface area contributed by atoms with E-state index in [-0.39, 0.29) is 15.7 Å². The number of pyridine rings is 1. The molecule has 5 heteroatoms. The fourth-order valence-electron chi connectivity index (χ4n) is 0.771. The molecule has 0 amide bonds. The van der Waals surface area contributed by atoms with Crippen molar-refractivity contribution in [2.45, 2.75) is 11.9 Å². The highest BCUT2D eigenvalue weighted by Gasteiger charge is 2.12. The van der Waals surface area contributed by atoms with Crippen LogP contribution in [0.25, 0.3) is 0 Å². The second-order valence-corrected chi connectivity index (χ2v) is 3.42. The van der Waals surface area contributed by atoms with Crippen molar-refractivity contribution < 1.29 is 14.7 Å². The molecule has 1 aromatic rings. The molecule has 0 saturated carbocycles. The third kappa shape index (κ3) is 2.55. The molecule has 1 heterocycles. The average molecular weight is 197 g/mol. The number of aromatic nitrogens is 1. The molecule has 0 bridgehead atoms. The van der Waals surface area contributed by atoms with E-state index >= 15 is 0 Å². The summed E-state index contributed by atoms with van der Waals surface area (Å²) < 4.78 is 0. The van der Waals surface area contributed by atoms with Gasteiger partial charge in [0, 0.05) is 13.1 Å². The van der Waals surface area contributed by atoms with Crippen molar-refractivity contribution in [3.63, 3.8) is 0 Å². The third-order valence-electron chi connectivity index (χ3n) is 1.24. The van der Waals surface area contributed by atoms with Crippen molar-refractivity contribution in [3.05, 3.63) is 23.9 Å². The lowest BCUT2D eigenvalue weighted by Crippen LogP contribution is -2.01. The van der Waals surface area contributed by atoms with Gasteiger partial charge in [-0.3, -0.25) is 4.79 Å². The lowest BCUT2D eigenvalue weighted by Gasteiger charge is -1.99. The van der Waals surface area contributed by atoms with Crippen LogP contribution in [0.4, 0.5) is 0 Å². The number of aromatic carboxylic acids is 1. The Balaban J connectivity index is 3.04. The quantitative estimate of drug-likeness (QED) is 0.726. The number of rotatable bonds is 2. The molecule has 0 atom stereocenters. The monoisotopic (exact) mass is 197 g/mol.